The van der Waals surface area contributed by atoms with Gasteiger partial charge in [-0.15, -0.1) is 0 Å². The molecule has 2 nitrogen and oxygen atoms in total. The van der Waals surface area contributed by atoms with Crippen LogP contribution in [0.4, 0.5) is 0 Å². The molecule has 0 aliphatic rings. The van der Waals surface area contributed by atoms with Crippen molar-refractivity contribution in [1.29, 1.82) is 0 Å². The molecule has 0 saturated carbocycles. The maximum absolute atomic E-state index is 11.5. The number of benzene rings is 1. The molecule has 0 saturated heterocycles. The van der Waals surface area contributed by atoms with Gasteiger partial charge >= 0.3 is 5.97 Å². The van der Waals surface area contributed by atoms with E-state index in [1.165, 1.54) is 44.1 Å². The maximum atomic E-state index is 11.5. The van der Waals surface area contributed by atoms with Gasteiger partial charge in [-0.05, 0) is 37.3 Å². The van der Waals surface area contributed by atoms with Gasteiger partial charge in [-0.3, -0.25) is 4.79 Å². The predicted octanol–water partition coefficient (Wildman–Crippen LogP) is 5.81. The average molecular weight is 303 g/mol. The fourth-order valence-corrected chi connectivity index (χ4v) is 2.52. The Kier molecular flexibility index (Phi) is 9.61. The van der Waals surface area contributed by atoms with Crippen LogP contribution in [0.2, 0.25) is 0 Å². The van der Waals surface area contributed by atoms with Gasteiger partial charge in [0.2, 0.25) is 0 Å². The van der Waals surface area contributed by atoms with Crippen LogP contribution in [-0.2, 0) is 16.0 Å². The largest absolute Gasteiger partial charge is 0.458 e. The third-order valence-electron chi connectivity index (χ3n) is 3.93. The Morgan fingerprint density at radius 3 is 2.32 bits per heavy atom. The smallest absolute Gasteiger partial charge is 0.310 e. The first-order valence-electron chi connectivity index (χ1n) is 8.80. The highest BCUT2D eigenvalue weighted by Crippen LogP contribution is 2.19. The maximum Gasteiger partial charge on any atom is 0.310 e. The van der Waals surface area contributed by atoms with Gasteiger partial charge in [-0.1, -0.05) is 70.2 Å². The van der Waals surface area contributed by atoms with Crippen LogP contribution in [0.15, 0.2) is 24.3 Å². The molecule has 0 aliphatic carbocycles. The van der Waals surface area contributed by atoms with Crippen molar-refractivity contribution in [3.8, 4) is 0 Å². The first-order chi connectivity index (χ1) is 10.7. The second-order valence-electron chi connectivity index (χ2n) is 5.95. The van der Waals surface area contributed by atoms with Crippen molar-refractivity contribution < 1.29 is 9.53 Å². The van der Waals surface area contributed by atoms with Crippen molar-refractivity contribution in [2.45, 2.75) is 78.2 Å². The molecule has 22 heavy (non-hydrogen) atoms. The SMILES string of the molecule is CC[CH]C(=O)OC(C)c1ccc(CCCCCCCC)cc1. The summed E-state index contributed by atoms with van der Waals surface area (Å²) in [6, 6.07) is 8.48. The molecule has 0 spiro atoms. The molecule has 0 aromatic heterocycles. The number of ether oxygens (including phenoxy) is 1. The Morgan fingerprint density at radius 2 is 1.68 bits per heavy atom. The van der Waals surface area contributed by atoms with Crippen molar-refractivity contribution in [1.82, 2.24) is 0 Å². The summed E-state index contributed by atoms with van der Waals surface area (Å²) in [5.74, 6) is -0.230. The third kappa shape index (κ3) is 7.63. The minimum Gasteiger partial charge on any atom is -0.458 e. The van der Waals surface area contributed by atoms with Gasteiger partial charge in [0.15, 0.2) is 0 Å². The molecule has 1 unspecified atom stereocenters. The number of esters is 1. The van der Waals surface area contributed by atoms with E-state index in [1.807, 2.05) is 13.8 Å². The van der Waals surface area contributed by atoms with Crippen molar-refractivity contribution in [3.05, 3.63) is 41.8 Å². The summed E-state index contributed by atoms with van der Waals surface area (Å²) in [7, 11) is 0. The molecular formula is C20H31O2. The van der Waals surface area contributed by atoms with Crippen LogP contribution in [0, 0.1) is 6.42 Å². The highest BCUT2D eigenvalue weighted by molar-refractivity contribution is 5.78. The van der Waals surface area contributed by atoms with Crippen LogP contribution < -0.4 is 0 Å². The molecule has 0 fully saturated rings. The highest BCUT2D eigenvalue weighted by Gasteiger charge is 2.10. The molecule has 1 rings (SSSR count). The molecule has 2 heteroatoms. The highest BCUT2D eigenvalue weighted by atomic mass is 16.5. The van der Waals surface area contributed by atoms with Crippen LogP contribution >= 0.6 is 0 Å². The molecule has 0 aliphatic heterocycles. The Bertz CT molecular complexity index is 408. The molecule has 1 aromatic rings. The van der Waals surface area contributed by atoms with Gasteiger partial charge in [0.25, 0.3) is 0 Å². The lowest BCUT2D eigenvalue weighted by molar-refractivity contribution is -0.144. The van der Waals surface area contributed by atoms with E-state index in [0.717, 1.165) is 12.0 Å². The average Bonchev–Trinajstić information content (AvgIpc) is 2.51. The Morgan fingerprint density at radius 1 is 1.05 bits per heavy atom. The minimum atomic E-state index is -0.230. The number of hydrogen-bond donors (Lipinski definition) is 0. The number of hydrogen-bond acceptors (Lipinski definition) is 2. The molecule has 0 heterocycles. The van der Waals surface area contributed by atoms with Crippen LogP contribution in [0.1, 0.15) is 82.9 Å². The number of rotatable bonds is 11. The van der Waals surface area contributed by atoms with E-state index in [1.54, 1.807) is 6.42 Å². The van der Waals surface area contributed by atoms with Gasteiger partial charge in [0.1, 0.15) is 6.10 Å². The standard InChI is InChI=1S/C20H31O2/c1-4-6-7-8-9-10-12-18-13-15-19(16-14-18)17(3)22-20(21)11-5-2/h11,13-17H,4-10,12H2,1-3H3. The number of unbranched alkanes of at least 4 members (excludes halogenated alkanes) is 5. The van der Waals surface area contributed by atoms with E-state index in [2.05, 4.69) is 31.2 Å². The van der Waals surface area contributed by atoms with E-state index in [4.69, 9.17) is 4.74 Å². The number of carbonyl (C=O) groups is 1. The van der Waals surface area contributed by atoms with Crippen LogP contribution in [0.5, 0.6) is 0 Å². The zero-order valence-corrected chi connectivity index (χ0v) is 14.4. The molecule has 1 aromatic carbocycles. The van der Waals surface area contributed by atoms with Gasteiger partial charge in [0, 0.05) is 0 Å². The lowest BCUT2D eigenvalue weighted by Gasteiger charge is -2.13. The van der Waals surface area contributed by atoms with Gasteiger partial charge in [0.05, 0.1) is 6.42 Å². The molecule has 0 bridgehead atoms. The monoisotopic (exact) mass is 303 g/mol. The summed E-state index contributed by atoms with van der Waals surface area (Å²) in [6.07, 6.45) is 11.2. The Labute approximate surface area is 136 Å². The normalized spacial score (nSPS) is 12.1. The van der Waals surface area contributed by atoms with Crippen LogP contribution in [0.3, 0.4) is 0 Å². The lowest BCUT2D eigenvalue weighted by atomic mass is 10.0. The quantitative estimate of drug-likeness (QED) is 0.381. The summed E-state index contributed by atoms with van der Waals surface area (Å²) in [5.41, 5.74) is 2.43. The van der Waals surface area contributed by atoms with Gasteiger partial charge in [-0.25, -0.2) is 0 Å². The van der Waals surface area contributed by atoms with E-state index in [9.17, 15) is 4.79 Å². The van der Waals surface area contributed by atoms with Gasteiger partial charge < -0.3 is 4.74 Å². The van der Waals surface area contributed by atoms with Gasteiger partial charge in [-0.2, -0.15) is 0 Å². The Balaban J connectivity index is 2.31. The van der Waals surface area contributed by atoms with Crippen LogP contribution in [-0.4, -0.2) is 5.97 Å². The predicted molar refractivity (Wildman–Crippen MR) is 92.6 cm³/mol. The van der Waals surface area contributed by atoms with Crippen molar-refractivity contribution in [2.75, 3.05) is 0 Å². The first kappa shape index (κ1) is 18.7. The van der Waals surface area contributed by atoms with E-state index in [-0.39, 0.29) is 12.1 Å². The molecular weight excluding hydrogens is 272 g/mol. The van der Waals surface area contributed by atoms with Crippen molar-refractivity contribution >= 4 is 5.97 Å². The summed E-state index contributed by atoms with van der Waals surface area (Å²) in [5, 5.41) is 0. The third-order valence-corrected chi connectivity index (χ3v) is 3.93. The molecule has 1 atom stereocenters. The molecule has 0 amide bonds. The number of aryl methyl sites for hydroxylation is 1. The fourth-order valence-electron chi connectivity index (χ4n) is 2.52. The molecule has 1 radical (unpaired) electrons. The summed E-state index contributed by atoms with van der Waals surface area (Å²) < 4.78 is 5.36. The second-order valence-corrected chi connectivity index (χ2v) is 5.95. The summed E-state index contributed by atoms with van der Waals surface area (Å²) in [4.78, 5) is 11.5. The van der Waals surface area contributed by atoms with E-state index >= 15 is 0 Å². The molecule has 0 N–H and O–H groups in total. The number of carbonyl (C=O) groups excluding carboxylic acids is 1. The first-order valence-corrected chi connectivity index (χ1v) is 8.80. The second kappa shape index (κ2) is 11.3. The lowest BCUT2D eigenvalue weighted by Crippen LogP contribution is -2.08. The zero-order chi connectivity index (χ0) is 16.2. The van der Waals surface area contributed by atoms with Crippen molar-refractivity contribution in [2.24, 2.45) is 0 Å². The van der Waals surface area contributed by atoms with E-state index < -0.39 is 0 Å². The topological polar surface area (TPSA) is 26.3 Å². The van der Waals surface area contributed by atoms with Crippen molar-refractivity contribution in [3.63, 3.8) is 0 Å². The van der Waals surface area contributed by atoms with Crippen LogP contribution in [0.25, 0.3) is 0 Å². The summed E-state index contributed by atoms with van der Waals surface area (Å²) in [6.45, 7) is 6.10. The molecule has 123 valence electrons. The Hall–Kier alpha value is -1.31. The fraction of sp³-hybridized carbons (Fsp3) is 0.600. The minimum absolute atomic E-state index is 0.182. The zero-order valence-electron chi connectivity index (χ0n) is 14.4. The van der Waals surface area contributed by atoms with E-state index in [0.29, 0.717) is 6.42 Å². The summed E-state index contributed by atoms with van der Waals surface area (Å²) >= 11 is 0.